The summed E-state index contributed by atoms with van der Waals surface area (Å²) >= 11 is 0. The molecule has 0 unspecified atom stereocenters. The highest BCUT2D eigenvalue weighted by atomic mass is 16.3. The van der Waals surface area contributed by atoms with E-state index in [0.717, 1.165) is 16.5 Å². The number of rotatable bonds is 3. The molecule has 0 radical (unpaired) electrons. The first kappa shape index (κ1) is 11.6. The maximum absolute atomic E-state index is 12.3. The van der Waals surface area contributed by atoms with E-state index >= 15 is 0 Å². The average Bonchev–Trinajstić information content (AvgIpc) is 3.05. The number of H-pyrrole nitrogens is 1. The molecule has 0 bridgehead atoms. The second-order valence-corrected chi connectivity index (χ2v) is 4.56. The molecule has 4 heteroatoms. The Morgan fingerprint density at radius 3 is 2.89 bits per heavy atom. The molecule has 0 aliphatic rings. The van der Waals surface area contributed by atoms with Crippen LogP contribution in [0, 0.1) is 0 Å². The van der Waals surface area contributed by atoms with Crippen LogP contribution in [-0.2, 0) is 6.54 Å². The summed E-state index contributed by atoms with van der Waals surface area (Å²) in [6, 6.07) is 11.6. The van der Waals surface area contributed by atoms with Gasteiger partial charge >= 0.3 is 0 Å². The summed E-state index contributed by atoms with van der Waals surface area (Å²) in [5.41, 5.74) is 2.56. The minimum absolute atomic E-state index is 0.0302. The van der Waals surface area contributed by atoms with E-state index in [-0.39, 0.29) is 5.91 Å². The lowest BCUT2D eigenvalue weighted by molar-refractivity contribution is 0.0780. The zero-order chi connectivity index (χ0) is 13.2. The van der Waals surface area contributed by atoms with E-state index in [9.17, 15) is 4.79 Å². The molecule has 1 amide bonds. The third-order valence-electron chi connectivity index (χ3n) is 3.11. The fourth-order valence-corrected chi connectivity index (χ4v) is 2.12. The Morgan fingerprint density at radius 2 is 2.16 bits per heavy atom. The fourth-order valence-electron chi connectivity index (χ4n) is 2.12. The quantitative estimate of drug-likeness (QED) is 0.781. The number of carbonyl (C=O) groups excluding carboxylic acids is 1. The molecule has 0 aliphatic heterocycles. The Kier molecular flexibility index (Phi) is 2.83. The van der Waals surface area contributed by atoms with Crippen LogP contribution >= 0.6 is 0 Å². The molecule has 4 nitrogen and oxygen atoms in total. The number of nitrogens with zero attached hydrogens (tertiary/aromatic N) is 1. The van der Waals surface area contributed by atoms with Crippen LogP contribution in [0.5, 0.6) is 0 Å². The molecule has 1 aromatic carbocycles. The number of fused-ring (bicyclic) bond motifs is 1. The summed E-state index contributed by atoms with van der Waals surface area (Å²) in [4.78, 5) is 17.1. The molecule has 0 fully saturated rings. The molecule has 2 aromatic heterocycles. The monoisotopic (exact) mass is 254 g/mol. The number of hydrogen-bond acceptors (Lipinski definition) is 2. The number of aromatic nitrogens is 1. The normalized spacial score (nSPS) is 10.8. The van der Waals surface area contributed by atoms with E-state index in [1.165, 1.54) is 0 Å². The Morgan fingerprint density at radius 1 is 1.32 bits per heavy atom. The van der Waals surface area contributed by atoms with Crippen molar-refractivity contribution in [2.75, 3.05) is 7.05 Å². The molecule has 1 N–H and O–H groups in total. The van der Waals surface area contributed by atoms with Gasteiger partial charge in [-0.3, -0.25) is 4.79 Å². The van der Waals surface area contributed by atoms with Crippen LogP contribution in [0.1, 0.15) is 16.1 Å². The second-order valence-electron chi connectivity index (χ2n) is 4.56. The topological polar surface area (TPSA) is 49.2 Å². The van der Waals surface area contributed by atoms with Gasteiger partial charge in [0.05, 0.1) is 12.5 Å². The van der Waals surface area contributed by atoms with Gasteiger partial charge in [-0.05, 0) is 18.2 Å². The number of amides is 1. The van der Waals surface area contributed by atoms with E-state index in [4.69, 9.17) is 4.42 Å². The van der Waals surface area contributed by atoms with Gasteiger partial charge in [-0.25, -0.2) is 0 Å². The number of hydrogen-bond donors (Lipinski definition) is 1. The van der Waals surface area contributed by atoms with Crippen molar-refractivity contribution >= 4 is 16.8 Å². The van der Waals surface area contributed by atoms with Gasteiger partial charge in [-0.1, -0.05) is 18.2 Å². The van der Waals surface area contributed by atoms with Crippen LogP contribution in [0.4, 0.5) is 0 Å². The lowest BCUT2D eigenvalue weighted by atomic mass is 10.2. The Hall–Kier alpha value is -2.49. The van der Waals surface area contributed by atoms with Gasteiger partial charge in [-0.15, -0.1) is 0 Å². The molecular weight excluding hydrogens is 240 g/mol. The predicted octanol–water partition coefficient (Wildman–Crippen LogP) is 3.03. The molecule has 0 aliphatic carbocycles. The minimum Gasteiger partial charge on any atom is -0.472 e. The molecule has 3 aromatic rings. The molecular formula is C15H14N2O2. The second kappa shape index (κ2) is 4.65. The van der Waals surface area contributed by atoms with Crippen molar-refractivity contribution in [1.82, 2.24) is 9.88 Å². The first-order valence-electron chi connectivity index (χ1n) is 6.08. The van der Waals surface area contributed by atoms with Crippen molar-refractivity contribution in [2.45, 2.75) is 6.54 Å². The number of carbonyl (C=O) groups is 1. The highest BCUT2D eigenvalue weighted by Gasteiger charge is 2.14. The van der Waals surface area contributed by atoms with E-state index in [0.29, 0.717) is 12.2 Å². The van der Waals surface area contributed by atoms with E-state index in [1.807, 2.05) is 36.4 Å². The van der Waals surface area contributed by atoms with Crippen LogP contribution in [0.2, 0.25) is 0 Å². The van der Waals surface area contributed by atoms with Crippen molar-refractivity contribution < 1.29 is 9.21 Å². The Bertz CT molecular complexity index is 665. The van der Waals surface area contributed by atoms with Gasteiger partial charge in [0.25, 0.3) is 5.91 Å². The number of nitrogens with one attached hydrogen (secondary N) is 1. The largest absolute Gasteiger partial charge is 0.472 e. The van der Waals surface area contributed by atoms with Gasteiger partial charge in [-0.2, -0.15) is 0 Å². The van der Waals surface area contributed by atoms with Crippen LogP contribution in [0.25, 0.3) is 10.9 Å². The third-order valence-corrected chi connectivity index (χ3v) is 3.11. The summed E-state index contributed by atoms with van der Waals surface area (Å²) in [5.74, 6) is -0.0302. The molecule has 96 valence electrons. The number of aromatic amines is 1. The van der Waals surface area contributed by atoms with Gasteiger partial charge in [0.1, 0.15) is 5.69 Å². The van der Waals surface area contributed by atoms with Crippen molar-refractivity contribution in [3.63, 3.8) is 0 Å². The van der Waals surface area contributed by atoms with Crippen LogP contribution in [-0.4, -0.2) is 22.8 Å². The summed E-state index contributed by atoms with van der Waals surface area (Å²) in [6.07, 6.45) is 3.26. The van der Waals surface area contributed by atoms with Gasteiger partial charge in [0.2, 0.25) is 0 Å². The predicted molar refractivity (Wildman–Crippen MR) is 72.8 cm³/mol. The molecule has 0 spiro atoms. The molecule has 19 heavy (non-hydrogen) atoms. The molecule has 0 saturated carbocycles. The lowest BCUT2D eigenvalue weighted by Crippen LogP contribution is -2.26. The molecule has 2 heterocycles. The van der Waals surface area contributed by atoms with Crippen molar-refractivity contribution in [1.29, 1.82) is 0 Å². The van der Waals surface area contributed by atoms with Gasteiger partial charge < -0.3 is 14.3 Å². The summed E-state index contributed by atoms with van der Waals surface area (Å²) in [5, 5.41) is 1.04. The van der Waals surface area contributed by atoms with E-state index in [1.54, 1.807) is 24.5 Å². The van der Waals surface area contributed by atoms with Crippen LogP contribution in [0.15, 0.2) is 53.3 Å². The van der Waals surface area contributed by atoms with E-state index in [2.05, 4.69) is 4.98 Å². The highest BCUT2D eigenvalue weighted by molar-refractivity contribution is 5.97. The fraction of sp³-hybridized carbons (Fsp3) is 0.133. The maximum atomic E-state index is 12.3. The van der Waals surface area contributed by atoms with E-state index < -0.39 is 0 Å². The molecule has 3 rings (SSSR count). The summed E-state index contributed by atoms with van der Waals surface area (Å²) in [7, 11) is 1.78. The third kappa shape index (κ3) is 2.25. The highest BCUT2D eigenvalue weighted by Crippen LogP contribution is 2.16. The van der Waals surface area contributed by atoms with Crippen LogP contribution < -0.4 is 0 Å². The maximum Gasteiger partial charge on any atom is 0.270 e. The first-order chi connectivity index (χ1) is 9.24. The zero-order valence-electron chi connectivity index (χ0n) is 10.6. The number of benzene rings is 1. The number of para-hydroxylation sites is 1. The van der Waals surface area contributed by atoms with Crippen molar-refractivity contribution in [3.8, 4) is 0 Å². The standard InChI is InChI=1S/C15H14N2O2/c1-17(9-11-6-7-19-10-11)15(18)14-8-12-4-2-3-5-13(12)16-14/h2-8,10,16H,9H2,1H3. The van der Waals surface area contributed by atoms with Crippen molar-refractivity contribution in [3.05, 3.63) is 60.2 Å². The number of furan rings is 1. The Balaban J connectivity index is 1.82. The zero-order valence-corrected chi connectivity index (χ0v) is 10.6. The summed E-state index contributed by atoms with van der Waals surface area (Å²) < 4.78 is 5.00. The summed E-state index contributed by atoms with van der Waals surface area (Å²) in [6.45, 7) is 0.532. The Labute approximate surface area is 110 Å². The van der Waals surface area contributed by atoms with Crippen LogP contribution in [0.3, 0.4) is 0 Å². The lowest BCUT2D eigenvalue weighted by Gasteiger charge is -2.14. The minimum atomic E-state index is -0.0302. The smallest absolute Gasteiger partial charge is 0.270 e. The van der Waals surface area contributed by atoms with Crippen molar-refractivity contribution in [2.24, 2.45) is 0 Å². The SMILES string of the molecule is CN(Cc1ccoc1)C(=O)c1cc2ccccc2[nH]1. The molecule has 0 saturated heterocycles. The molecule has 0 atom stereocenters. The van der Waals surface area contributed by atoms with Gasteiger partial charge in [0.15, 0.2) is 0 Å². The average molecular weight is 254 g/mol. The van der Waals surface area contributed by atoms with Gasteiger partial charge in [0, 0.05) is 30.1 Å². The first-order valence-corrected chi connectivity index (χ1v) is 6.08.